The monoisotopic (exact) mass is 424 g/mol. The Labute approximate surface area is 165 Å². The molecule has 27 heavy (non-hydrogen) atoms. The van der Waals surface area contributed by atoms with Gasteiger partial charge in [0.05, 0.1) is 23.4 Å². The zero-order chi connectivity index (χ0) is 19.3. The van der Waals surface area contributed by atoms with E-state index < -0.39 is 5.91 Å². The van der Waals surface area contributed by atoms with Crippen molar-refractivity contribution < 1.29 is 14.4 Å². The highest BCUT2D eigenvalue weighted by atomic mass is 79.9. The Kier molecular flexibility index (Phi) is 4.23. The Morgan fingerprint density at radius 3 is 2.41 bits per heavy atom. The molecule has 2 aliphatic heterocycles. The number of hydrogen-bond acceptors (Lipinski definition) is 3. The molecule has 5 nitrogen and oxygen atoms in total. The predicted octanol–water partition coefficient (Wildman–Crippen LogP) is 3.92. The van der Waals surface area contributed by atoms with Crippen molar-refractivity contribution in [2.45, 2.75) is 26.3 Å². The van der Waals surface area contributed by atoms with Gasteiger partial charge in [-0.2, -0.15) is 0 Å². The number of nitrogens with zero attached hydrogens (tertiary/aromatic N) is 2. The summed E-state index contributed by atoms with van der Waals surface area (Å²) in [4.78, 5) is 41.7. The normalized spacial score (nSPS) is 19.5. The van der Waals surface area contributed by atoms with Crippen molar-refractivity contribution in [3.8, 4) is 0 Å². The number of carbonyl (C=O) groups excluding carboxylic acids is 3. The predicted molar refractivity (Wildman–Crippen MR) is 107 cm³/mol. The van der Waals surface area contributed by atoms with E-state index in [-0.39, 0.29) is 29.9 Å². The maximum absolute atomic E-state index is 13.1. The molecule has 0 saturated carbocycles. The summed E-state index contributed by atoms with van der Waals surface area (Å²) >= 11 is 3.36. The number of para-hydroxylation sites is 1. The fraction of sp³-hybridized carbons (Fsp3) is 0.190. The van der Waals surface area contributed by atoms with Gasteiger partial charge < -0.3 is 4.90 Å². The van der Waals surface area contributed by atoms with Gasteiger partial charge in [-0.05, 0) is 38.1 Å². The molecule has 4 rings (SSSR count). The summed E-state index contributed by atoms with van der Waals surface area (Å²) in [6.07, 6.45) is -0.0767. The third-order valence-electron chi connectivity index (χ3n) is 4.79. The van der Waals surface area contributed by atoms with Crippen molar-refractivity contribution in [3.05, 3.63) is 64.1 Å². The van der Waals surface area contributed by atoms with Gasteiger partial charge in [0.25, 0.3) is 11.8 Å². The molecule has 0 spiro atoms. The fourth-order valence-corrected chi connectivity index (χ4v) is 4.06. The Morgan fingerprint density at radius 1 is 0.963 bits per heavy atom. The van der Waals surface area contributed by atoms with Crippen molar-refractivity contribution in [2.75, 3.05) is 9.80 Å². The molecule has 0 aliphatic carbocycles. The van der Waals surface area contributed by atoms with Crippen LogP contribution in [0.4, 0.5) is 11.4 Å². The van der Waals surface area contributed by atoms with Crippen molar-refractivity contribution >= 4 is 50.6 Å². The Hall–Kier alpha value is -2.73. The zero-order valence-corrected chi connectivity index (χ0v) is 16.5. The molecule has 2 aromatic carbocycles. The summed E-state index contributed by atoms with van der Waals surface area (Å²) in [6.45, 7) is 3.86. The standard InChI is InChI=1S/C21H17BrN2O3/c1-12(2)23-17-9-4-3-8-15(17)19(21(23)27)16-11-18(25)24(20(16)26)14-7-5-6-13(22)10-14/h3-10,12H,11H2,1-2H3. The third kappa shape index (κ3) is 2.72. The van der Waals surface area contributed by atoms with Crippen LogP contribution in [0, 0.1) is 0 Å². The van der Waals surface area contributed by atoms with Crippen LogP contribution in [0.3, 0.4) is 0 Å². The summed E-state index contributed by atoms with van der Waals surface area (Å²) in [5.41, 5.74) is 2.59. The number of anilines is 2. The van der Waals surface area contributed by atoms with E-state index in [0.717, 1.165) is 15.1 Å². The summed E-state index contributed by atoms with van der Waals surface area (Å²) < 4.78 is 0.773. The molecular formula is C21H17BrN2O3. The molecule has 0 bridgehead atoms. The molecule has 2 aliphatic rings. The Morgan fingerprint density at radius 2 is 1.70 bits per heavy atom. The second-order valence-corrected chi connectivity index (χ2v) is 7.75. The molecule has 1 fully saturated rings. The second-order valence-electron chi connectivity index (χ2n) is 6.83. The lowest BCUT2D eigenvalue weighted by molar-refractivity contribution is -0.121. The van der Waals surface area contributed by atoms with Crippen LogP contribution in [0.1, 0.15) is 25.8 Å². The van der Waals surface area contributed by atoms with Gasteiger partial charge >= 0.3 is 0 Å². The summed E-state index contributed by atoms with van der Waals surface area (Å²) in [7, 11) is 0. The van der Waals surface area contributed by atoms with Crippen LogP contribution in [-0.2, 0) is 14.4 Å². The van der Waals surface area contributed by atoms with Gasteiger partial charge in [0, 0.05) is 21.7 Å². The Bertz CT molecular complexity index is 1030. The van der Waals surface area contributed by atoms with Gasteiger partial charge in [-0.1, -0.05) is 40.2 Å². The van der Waals surface area contributed by atoms with Crippen molar-refractivity contribution in [1.82, 2.24) is 0 Å². The maximum atomic E-state index is 13.1. The number of halogens is 1. The maximum Gasteiger partial charge on any atom is 0.262 e. The number of imide groups is 1. The van der Waals surface area contributed by atoms with E-state index in [2.05, 4.69) is 15.9 Å². The number of fused-ring (bicyclic) bond motifs is 1. The van der Waals surface area contributed by atoms with E-state index in [9.17, 15) is 14.4 Å². The highest BCUT2D eigenvalue weighted by molar-refractivity contribution is 9.10. The lowest BCUT2D eigenvalue weighted by Crippen LogP contribution is -2.34. The van der Waals surface area contributed by atoms with Gasteiger partial charge in [-0.15, -0.1) is 0 Å². The highest BCUT2D eigenvalue weighted by Crippen LogP contribution is 2.42. The van der Waals surface area contributed by atoms with E-state index in [1.807, 2.05) is 44.2 Å². The van der Waals surface area contributed by atoms with E-state index >= 15 is 0 Å². The summed E-state index contributed by atoms with van der Waals surface area (Å²) in [5, 5.41) is 0. The number of benzene rings is 2. The van der Waals surface area contributed by atoms with Gasteiger partial charge in [0.2, 0.25) is 5.91 Å². The highest BCUT2D eigenvalue weighted by Gasteiger charge is 2.43. The number of amides is 3. The fourth-order valence-electron chi connectivity index (χ4n) is 3.67. The molecule has 0 aromatic heterocycles. The number of hydrogen-bond donors (Lipinski definition) is 0. The first-order valence-corrected chi connectivity index (χ1v) is 9.48. The molecule has 2 aromatic rings. The van der Waals surface area contributed by atoms with Gasteiger partial charge in [-0.25, -0.2) is 4.90 Å². The van der Waals surface area contributed by atoms with Crippen molar-refractivity contribution in [3.63, 3.8) is 0 Å². The van der Waals surface area contributed by atoms with Crippen LogP contribution in [0.2, 0.25) is 0 Å². The average molecular weight is 425 g/mol. The quantitative estimate of drug-likeness (QED) is 0.542. The van der Waals surface area contributed by atoms with Crippen LogP contribution >= 0.6 is 15.9 Å². The molecule has 0 radical (unpaired) electrons. The van der Waals surface area contributed by atoms with E-state index in [0.29, 0.717) is 16.8 Å². The smallest absolute Gasteiger partial charge is 0.262 e. The molecular weight excluding hydrogens is 408 g/mol. The largest absolute Gasteiger partial charge is 0.305 e. The SMILES string of the molecule is CC(C)N1C(=O)C(=C2CC(=O)N(c3cccc(Br)c3)C2=O)c2ccccc21. The Balaban J connectivity index is 1.86. The van der Waals surface area contributed by atoms with E-state index in [1.165, 1.54) is 0 Å². The van der Waals surface area contributed by atoms with Crippen molar-refractivity contribution in [1.29, 1.82) is 0 Å². The second kappa shape index (κ2) is 6.46. The van der Waals surface area contributed by atoms with Crippen LogP contribution in [0.15, 0.2) is 58.6 Å². The molecule has 2 heterocycles. The van der Waals surface area contributed by atoms with Gasteiger partial charge in [0.15, 0.2) is 0 Å². The molecule has 0 N–H and O–H groups in total. The summed E-state index contributed by atoms with van der Waals surface area (Å²) in [6, 6.07) is 14.4. The van der Waals surface area contributed by atoms with E-state index in [1.54, 1.807) is 23.1 Å². The van der Waals surface area contributed by atoms with Crippen LogP contribution in [0.5, 0.6) is 0 Å². The summed E-state index contributed by atoms with van der Waals surface area (Å²) in [5.74, 6) is -0.978. The van der Waals surface area contributed by atoms with Crippen LogP contribution in [-0.4, -0.2) is 23.8 Å². The first-order valence-electron chi connectivity index (χ1n) is 8.69. The minimum atomic E-state index is -0.429. The van der Waals surface area contributed by atoms with Gasteiger partial charge in [0.1, 0.15) is 0 Å². The molecule has 1 saturated heterocycles. The van der Waals surface area contributed by atoms with Crippen molar-refractivity contribution in [2.24, 2.45) is 0 Å². The molecule has 6 heteroatoms. The molecule has 0 unspecified atom stereocenters. The molecule has 0 atom stereocenters. The number of carbonyl (C=O) groups is 3. The minimum absolute atomic E-state index is 0.0508. The van der Waals surface area contributed by atoms with Crippen LogP contribution in [0.25, 0.3) is 5.57 Å². The van der Waals surface area contributed by atoms with Crippen LogP contribution < -0.4 is 9.80 Å². The van der Waals surface area contributed by atoms with Gasteiger partial charge in [-0.3, -0.25) is 14.4 Å². The third-order valence-corrected chi connectivity index (χ3v) is 5.28. The lowest BCUT2D eigenvalue weighted by atomic mass is 10.00. The topological polar surface area (TPSA) is 57.7 Å². The lowest BCUT2D eigenvalue weighted by Gasteiger charge is -2.21. The molecule has 136 valence electrons. The minimum Gasteiger partial charge on any atom is -0.305 e. The zero-order valence-electron chi connectivity index (χ0n) is 14.9. The van der Waals surface area contributed by atoms with E-state index in [4.69, 9.17) is 0 Å². The average Bonchev–Trinajstić information content (AvgIpc) is 3.07. The number of rotatable bonds is 2. The first kappa shape index (κ1) is 17.7. The first-order chi connectivity index (χ1) is 12.9. The molecule has 3 amide bonds.